The van der Waals surface area contributed by atoms with Crippen molar-refractivity contribution < 1.29 is 62.2 Å². The van der Waals surface area contributed by atoms with Gasteiger partial charge in [0, 0.05) is 62.2 Å². The summed E-state index contributed by atoms with van der Waals surface area (Å²) in [6.45, 7) is 13.9. The van der Waals surface area contributed by atoms with Gasteiger partial charge in [-0.05, 0) is 13.3 Å². The van der Waals surface area contributed by atoms with Gasteiger partial charge in [-0.3, -0.25) is 0 Å². The summed E-state index contributed by atoms with van der Waals surface area (Å²) in [5.74, 6) is 0. The summed E-state index contributed by atoms with van der Waals surface area (Å²) in [6.07, 6.45) is 1.03. The van der Waals surface area contributed by atoms with E-state index in [4.69, 9.17) is 0 Å². The van der Waals surface area contributed by atoms with Gasteiger partial charge in [-0.2, -0.15) is 0 Å². The van der Waals surface area contributed by atoms with Gasteiger partial charge in [0.15, 0.2) is 0 Å². The first-order chi connectivity index (χ1) is 4.70. The van der Waals surface area contributed by atoms with Crippen molar-refractivity contribution in [3.05, 3.63) is 13.8 Å². The van der Waals surface area contributed by atoms with Gasteiger partial charge in [-0.1, -0.05) is 19.4 Å². The van der Waals surface area contributed by atoms with Crippen molar-refractivity contribution in [2.24, 2.45) is 4.99 Å². The fraction of sp³-hybridized carbons (Fsp3) is 0.625. The monoisotopic (exact) mass is 616 g/mol. The van der Waals surface area contributed by atoms with E-state index in [0.29, 0.717) is 6.04 Å². The smallest absolute Gasteiger partial charge is 0 e. The zero-order valence-electron chi connectivity index (χ0n) is 7.64. The quantitative estimate of drug-likeness (QED) is 0.364. The molecule has 0 amide bonds. The van der Waals surface area contributed by atoms with Crippen LogP contribution in [0.4, 0.5) is 0 Å². The molecule has 0 aromatic rings. The fourth-order valence-electron chi connectivity index (χ4n) is 0.512. The Labute approximate surface area is 123 Å². The van der Waals surface area contributed by atoms with Crippen molar-refractivity contribution in [2.45, 2.75) is 25.4 Å². The van der Waals surface area contributed by atoms with Gasteiger partial charge in [0.1, 0.15) is 0 Å². The number of hydrogen-bond acceptors (Lipinski definition) is 2. The molecule has 0 aliphatic heterocycles. The molecule has 0 aliphatic rings. The van der Waals surface area contributed by atoms with Crippen LogP contribution >= 0.6 is 0 Å². The summed E-state index contributed by atoms with van der Waals surface area (Å²) in [6, 6.07) is 0.363. The average molecular weight is 616 g/mol. The molecule has 0 saturated heterocycles. The molecule has 0 aliphatic carbocycles. The number of rotatable bonds is 5. The summed E-state index contributed by atoms with van der Waals surface area (Å²) < 4.78 is 0. The van der Waals surface area contributed by atoms with Crippen LogP contribution in [-0.2, 0) is 0 Å². The summed E-state index contributed by atoms with van der Waals surface area (Å²) in [5, 5.41) is 3.18. The molecule has 2 nitrogen and oxygen atoms in total. The van der Waals surface area contributed by atoms with E-state index in [1.165, 1.54) is 0 Å². The second-order valence-corrected chi connectivity index (χ2v) is 2.35. The topological polar surface area (TPSA) is 24.4 Å². The van der Waals surface area contributed by atoms with E-state index in [9.17, 15) is 0 Å². The predicted molar refractivity (Wildman–Crippen MR) is 46.1 cm³/mol. The molecule has 0 spiro atoms. The molecule has 0 heterocycles. The molecule has 0 rings (SSSR count). The first kappa shape index (κ1) is 19.3. The van der Waals surface area contributed by atoms with Gasteiger partial charge < -0.3 is 24.2 Å². The van der Waals surface area contributed by atoms with Gasteiger partial charge in [-0.15, -0.1) is 6.04 Å². The van der Waals surface area contributed by atoms with E-state index in [0.717, 1.165) is 13.0 Å². The number of nitrogens with one attached hydrogen (secondary N) is 1. The molecule has 0 radical (unpaired) electrons. The standard InChI is InChI=1S/C8H16N2.2U/c1-5-7(2)10-6-8(3)9-4;;/h7-8,10H,2-6H2,1H3;;/q-2;;. The first-order valence-corrected chi connectivity index (χ1v) is 3.56. The van der Waals surface area contributed by atoms with Gasteiger partial charge in [-0.25, -0.2) is 0 Å². The Balaban J connectivity index is -0.000000405. The summed E-state index contributed by atoms with van der Waals surface area (Å²) in [5.41, 5.74) is 0. The second kappa shape index (κ2) is 12.7. The minimum absolute atomic E-state index is 0. The van der Waals surface area contributed by atoms with Crippen LogP contribution in [0.1, 0.15) is 13.3 Å². The maximum absolute atomic E-state index is 3.86. The van der Waals surface area contributed by atoms with Crippen LogP contribution in [0.5, 0.6) is 0 Å². The van der Waals surface area contributed by atoms with E-state index < -0.39 is 0 Å². The van der Waals surface area contributed by atoms with E-state index in [-0.39, 0.29) is 68.3 Å². The molecule has 4 heteroatoms. The fourth-order valence-corrected chi connectivity index (χ4v) is 0.512. The van der Waals surface area contributed by atoms with Crippen LogP contribution in [0.2, 0.25) is 0 Å². The van der Waals surface area contributed by atoms with E-state index in [1.807, 2.05) is 0 Å². The Kier molecular flexibility index (Phi) is 20.5. The second-order valence-electron chi connectivity index (χ2n) is 2.35. The molecule has 0 saturated carbocycles. The summed E-state index contributed by atoms with van der Waals surface area (Å²) >= 11 is 0. The largest absolute Gasteiger partial charge is 0.344 e. The van der Waals surface area contributed by atoms with Crippen molar-refractivity contribution in [3.8, 4) is 0 Å². The Bertz CT molecular complexity index is 99.1. The van der Waals surface area contributed by atoms with Crippen LogP contribution in [0.25, 0.3) is 0 Å². The zero-order chi connectivity index (χ0) is 7.98. The maximum Gasteiger partial charge on any atom is 0 e. The van der Waals surface area contributed by atoms with Crippen LogP contribution in [0.3, 0.4) is 0 Å². The maximum atomic E-state index is 3.86. The first-order valence-electron chi connectivity index (χ1n) is 3.56. The van der Waals surface area contributed by atoms with Gasteiger partial charge >= 0.3 is 0 Å². The Hall–Kier alpha value is 1.73. The molecule has 68 valence electrons. The molecular formula is C8H16N2U2-2. The van der Waals surface area contributed by atoms with Crippen molar-refractivity contribution >= 4 is 6.72 Å². The third kappa shape index (κ3) is 11.7. The molecule has 2 atom stereocenters. The van der Waals surface area contributed by atoms with Crippen LogP contribution in [-0.4, -0.2) is 25.3 Å². The van der Waals surface area contributed by atoms with Crippen LogP contribution in [0, 0.1) is 76.1 Å². The number of hydrogen-bond donors (Lipinski definition) is 1. The van der Waals surface area contributed by atoms with Crippen molar-refractivity contribution in [3.63, 3.8) is 0 Å². The zero-order valence-corrected chi connectivity index (χ0v) is 16.0. The van der Waals surface area contributed by atoms with E-state index >= 15 is 0 Å². The Morgan fingerprint density at radius 3 is 2.25 bits per heavy atom. The molecule has 0 aromatic heterocycles. The van der Waals surface area contributed by atoms with Gasteiger partial charge in [0.05, 0.1) is 0 Å². The minimum Gasteiger partial charge on any atom is -0.344 e. The molecule has 2 unspecified atom stereocenters. The van der Waals surface area contributed by atoms with Crippen LogP contribution < -0.4 is 5.32 Å². The van der Waals surface area contributed by atoms with Crippen molar-refractivity contribution in [2.75, 3.05) is 6.54 Å². The Morgan fingerprint density at radius 2 is 1.92 bits per heavy atom. The molecule has 0 bridgehead atoms. The molecule has 1 N–H and O–H groups in total. The van der Waals surface area contributed by atoms with Crippen LogP contribution in [0.15, 0.2) is 4.99 Å². The molecule has 12 heavy (non-hydrogen) atoms. The molecular weight excluding hydrogens is 600 g/mol. The SMILES string of the molecule is C=NC([CH2-])CNC([CH2-])CC.[U].[U]. The summed E-state index contributed by atoms with van der Waals surface area (Å²) in [4.78, 5) is 3.74. The van der Waals surface area contributed by atoms with E-state index in [1.54, 1.807) is 0 Å². The van der Waals surface area contributed by atoms with Crippen molar-refractivity contribution in [1.82, 2.24) is 5.32 Å². The van der Waals surface area contributed by atoms with Crippen molar-refractivity contribution in [1.29, 1.82) is 0 Å². The van der Waals surface area contributed by atoms with Gasteiger partial charge in [0.2, 0.25) is 0 Å². The van der Waals surface area contributed by atoms with Gasteiger partial charge in [0.25, 0.3) is 0 Å². The minimum atomic E-state index is 0. The molecule has 0 fully saturated rings. The van der Waals surface area contributed by atoms with E-state index in [2.05, 4.69) is 37.8 Å². The number of nitrogens with zero attached hydrogens (tertiary/aromatic N) is 1. The third-order valence-electron chi connectivity index (χ3n) is 1.39. The number of aliphatic imine (C=N–C) groups is 1. The summed E-state index contributed by atoms with van der Waals surface area (Å²) in [7, 11) is 0. The average Bonchev–Trinajstić information content (AvgIpc) is 1.99. The normalized spacial score (nSPS) is 13.6. The predicted octanol–water partition coefficient (Wildman–Crippen LogP) is 1.09. The molecule has 0 aromatic carbocycles. The third-order valence-corrected chi connectivity index (χ3v) is 1.39. The Morgan fingerprint density at radius 1 is 1.42 bits per heavy atom.